The summed E-state index contributed by atoms with van der Waals surface area (Å²) in [6.07, 6.45) is 1.77. The lowest BCUT2D eigenvalue weighted by atomic mass is 10.1. The first-order chi connectivity index (χ1) is 14.2. The third-order valence-electron chi connectivity index (χ3n) is 4.16. The summed E-state index contributed by atoms with van der Waals surface area (Å²) in [5.41, 5.74) is 2.14. The van der Waals surface area contributed by atoms with Gasteiger partial charge in [-0.2, -0.15) is 0 Å². The number of carbonyl (C=O) groups is 1. The fourth-order valence-corrected chi connectivity index (χ4v) is 3.61. The molecule has 0 aliphatic heterocycles. The van der Waals surface area contributed by atoms with Crippen molar-refractivity contribution in [3.05, 3.63) is 71.9 Å². The molecule has 1 aromatic heterocycles. The first-order valence-electron chi connectivity index (χ1n) is 8.89. The van der Waals surface area contributed by atoms with Gasteiger partial charge in [-0.3, -0.25) is 4.79 Å². The molecule has 6 nitrogen and oxygen atoms in total. The molecule has 0 aliphatic rings. The minimum absolute atomic E-state index is 0.294. The highest BCUT2D eigenvalue weighted by Gasteiger charge is 2.20. The molecule has 0 aliphatic carbocycles. The third-order valence-corrected chi connectivity index (χ3v) is 5.17. The predicted octanol–water partition coefficient (Wildman–Crippen LogP) is 4.65. The van der Waals surface area contributed by atoms with Crippen LogP contribution in [0.4, 0.5) is 5.69 Å². The van der Waals surface area contributed by atoms with Crippen molar-refractivity contribution in [3.8, 4) is 17.2 Å². The molecule has 0 saturated carbocycles. The van der Waals surface area contributed by atoms with Crippen LogP contribution >= 0.6 is 11.8 Å². The van der Waals surface area contributed by atoms with Crippen LogP contribution in [0, 0.1) is 0 Å². The van der Waals surface area contributed by atoms with Gasteiger partial charge in [0, 0.05) is 17.6 Å². The van der Waals surface area contributed by atoms with Crippen molar-refractivity contribution >= 4 is 23.4 Å². The highest BCUT2D eigenvalue weighted by atomic mass is 32.2. The molecule has 1 N–H and O–H groups in total. The molecule has 150 valence electrons. The van der Waals surface area contributed by atoms with Gasteiger partial charge in [-0.15, -0.1) is 11.8 Å². The fourth-order valence-electron chi connectivity index (χ4n) is 2.81. The number of nitrogens with zero attached hydrogens (tertiary/aromatic N) is 1. The molecular weight excluding hydrogens is 388 g/mol. The number of nitrogens with one attached hydrogen (secondary N) is 1. The van der Waals surface area contributed by atoms with Crippen LogP contribution in [-0.2, 0) is 5.75 Å². The second-order valence-electron chi connectivity index (χ2n) is 5.99. The van der Waals surface area contributed by atoms with E-state index in [-0.39, 0.29) is 5.91 Å². The minimum atomic E-state index is -0.294. The van der Waals surface area contributed by atoms with Gasteiger partial charge in [0.25, 0.3) is 5.91 Å². The smallest absolute Gasteiger partial charge is 0.259 e. The molecule has 2 aromatic carbocycles. The maximum absolute atomic E-state index is 12.8. The first-order valence-corrected chi connectivity index (χ1v) is 9.88. The maximum Gasteiger partial charge on any atom is 0.259 e. The Balaban J connectivity index is 1.76. The molecule has 0 bridgehead atoms. The normalized spacial score (nSPS) is 10.3. The molecule has 0 atom stereocenters. The first kappa shape index (κ1) is 20.5. The number of thioether (sulfide) groups is 1. The van der Waals surface area contributed by atoms with Gasteiger partial charge in [0.2, 0.25) is 5.75 Å². The number of hydrogen-bond acceptors (Lipinski definition) is 6. The number of ether oxygens (including phenoxy) is 3. The average molecular weight is 410 g/mol. The Hall–Kier alpha value is -3.19. The zero-order valence-electron chi connectivity index (χ0n) is 16.5. The van der Waals surface area contributed by atoms with Crippen LogP contribution in [0.15, 0.2) is 65.8 Å². The average Bonchev–Trinajstić information content (AvgIpc) is 2.77. The molecule has 0 spiro atoms. The summed E-state index contributed by atoms with van der Waals surface area (Å²) >= 11 is 1.64. The van der Waals surface area contributed by atoms with E-state index in [1.54, 1.807) is 30.1 Å². The quantitative estimate of drug-likeness (QED) is 0.545. The molecule has 1 heterocycles. The van der Waals surface area contributed by atoms with Crippen molar-refractivity contribution in [1.29, 1.82) is 0 Å². The molecule has 0 fully saturated rings. The monoisotopic (exact) mass is 410 g/mol. The van der Waals surface area contributed by atoms with Gasteiger partial charge < -0.3 is 19.5 Å². The molecule has 3 aromatic rings. The van der Waals surface area contributed by atoms with Gasteiger partial charge in [0.1, 0.15) is 0 Å². The number of pyridine rings is 1. The van der Waals surface area contributed by atoms with Crippen molar-refractivity contribution in [3.63, 3.8) is 0 Å². The van der Waals surface area contributed by atoms with Crippen molar-refractivity contribution in [2.75, 3.05) is 26.6 Å². The number of benzene rings is 2. The third kappa shape index (κ3) is 5.00. The largest absolute Gasteiger partial charge is 0.493 e. The molecule has 0 saturated heterocycles. The van der Waals surface area contributed by atoms with Gasteiger partial charge in [-0.25, -0.2) is 4.98 Å². The molecule has 0 radical (unpaired) electrons. The summed E-state index contributed by atoms with van der Waals surface area (Å²) in [5, 5.41) is 3.88. The summed E-state index contributed by atoms with van der Waals surface area (Å²) in [4.78, 5) is 17.2. The van der Waals surface area contributed by atoms with Gasteiger partial charge >= 0.3 is 0 Å². The minimum Gasteiger partial charge on any atom is -0.493 e. The standard InChI is InChI=1S/C22H22N2O4S/c1-26-18-11-10-17(20(27-2)21(18)28-3)22(25)24-16-8-6-7-15(13-16)14-29-19-9-4-5-12-23-19/h4-13H,14H2,1-3H3,(H,24,25). The Morgan fingerprint density at radius 2 is 1.79 bits per heavy atom. The SMILES string of the molecule is COc1ccc(C(=O)Nc2cccc(CSc3ccccn3)c2)c(OC)c1OC. The van der Waals surface area contributed by atoms with Crippen LogP contribution in [0.5, 0.6) is 17.2 Å². The Morgan fingerprint density at radius 1 is 0.966 bits per heavy atom. The van der Waals surface area contributed by atoms with Gasteiger partial charge in [-0.05, 0) is 42.0 Å². The van der Waals surface area contributed by atoms with Crippen LogP contribution in [0.25, 0.3) is 0 Å². The van der Waals surface area contributed by atoms with E-state index in [1.807, 2.05) is 42.5 Å². The number of hydrogen-bond donors (Lipinski definition) is 1. The lowest BCUT2D eigenvalue weighted by Gasteiger charge is -2.15. The molecule has 7 heteroatoms. The second kappa shape index (κ2) is 9.84. The van der Waals surface area contributed by atoms with Gasteiger partial charge in [-0.1, -0.05) is 18.2 Å². The van der Waals surface area contributed by atoms with Crippen LogP contribution in [0.1, 0.15) is 15.9 Å². The van der Waals surface area contributed by atoms with Crippen LogP contribution in [0.2, 0.25) is 0 Å². The Labute approximate surface area is 174 Å². The number of carbonyl (C=O) groups excluding carboxylic acids is 1. The molecule has 0 unspecified atom stereocenters. The predicted molar refractivity (Wildman–Crippen MR) is 114 cm³/mol. The van der Waals surface area contributed by atoms with Crippen molar-refractivity contribution < 1.29 is 19.0 Å². The van der Waals surface area contributed by atoms with E-state index in [2.05, 4.69) is 10.3 Å². The van der Waals surface area contributed by atoms with Crippen LogP contribution < -0.4 is 19.5 Å². The molecule has 29 heavy (non-hydrogen) atoms. The Kier molecular flexibility index (Phi) is 6.97. The van der Waals surface area contributed by atoms with Gasteiger partial charge in [0.15, 0.2) is 11.5 Å². The summed E-state index contributed by atoms with van der Waals surface area (Å²) in [6.45, 7) is 0. The van der Waals surface area contributed by atoms with Crippen LogP contribution in [0.3, 0.4) is 0 Å². The van der Waals surface area contributed by atoms with E-state index >= 15 is 0 Å². The fraction of sp³-hybridized carbons (Fsp3) is 0.182. The number of rotatable bonds is 8. The Bertz CT molecular complexity index is 980. The van der Waals surface area contributed by atoms with Crippen LogP contribution in [-0.4, -0.2) is 32.2 Å². The van der Waals surface area contributed by atoms with Crippen molar-refractivity contribution in [2.45, 2.75) is 10.8 Å². The topological polar surface area (TPSA) is 69.7 Å². The van der Waals surface area contributed by atoms with E-state index in [9.17, 15) is 4.79 Å². The van der Waals surface area contributed by atoms with Gasteiger partial charge in [0.05, 0.1) is 31.9 Å². The second-order valence-corrected chi connectivity index (χ2v) is 6.99. The van der Waals surface area contributed by atoms with E-state index < -0.39 is 0 Å². The zero-order valence-corrected chi connectivity index (χ0v) is 17.3. The van der Waals surface area contributed by atoms with E-state index in [0.29, 0.717) is 28.5 Å². The lowest BCUT2D eigenvalue weighted by Crippen LogP contribution is -2.14. The maximum atomic E-state index is 12.8. The molecule has 3 rings (SSSR count). The zero-order chi connectivity index (χ0) is 20.6. The number of aromatic nitrogens is 1. The van der Waals surface area contributed by atoms with E-state index in [1.165, 1.54) is 21.3 Å². The number of amides is 1. The molecule has 1 amide bonds. The summed E-state index contributed by atoms with van der Waals surface area (Å²) < 4.78 is 16.0. The summed E-state index contributed by atoms with van der Waals surface area (Å²) in [5.74, 6) is 1.65. The lowest BCUT2D eigenvalue weighted by molar-refractivity contribution is 0.102. The van der Waals surface area contributed by atoms with E-state index in [0.717, 1.165) is 16.3 Å². The number of methoxy groups -OCH3 is 3. The molecular formula is C22H22N2O4S. The highest BCUT2D eigenvalue weighted by Crippen LogP contribution is 2.40. The van der Waals surface area contributed by atoms with Crippen molar-refractivity contribution in [2.24, 2.45) is 0 Å². The number of anilines is 1. The van der Waals surface area contributed by atoms with Crippen molar-refractivity contribution in [1.82, 2.24) is 4.98 Å². The highest BCUT2D eigenvalue weighted by molar-refractivity contribution is 7.98. The summed E-state index contributed by atoms with van der Waals surface area (Å²) in [7, 11) is 4.53. The Morgan fingerprint density at radius 3 is 2.48 bits per heavy atom. The summed E-state index contributed by atoms with van der Waals surface area (Å²) in [6, 6.07) is 16.9. The van der Waals surface area contributed by atoms with E-state index in [4.69, 9.17) is 14.2 Å².